The van der Waals surface area contributed by atoms with Gasteiger partial charge in [-0.2, -0.15) is 0 Å². The summed E-state index contributed by atoms with van der Waals surface area (Å²) in [6.45, 7) is 1.47. The minimum atomic E-state index is -1.42. The molecule has 0 spiro atoms. The first kappa shape index (κ1) is 10.3. The van der Waals surface area contributed by atoms with E-state index in [1.807, 2.05) is 0 Å². The first-order chi connectivity index (χ1) is 6.49. The van der Waals surface area contributed by atoms with Crippen LogP contribution in [-0.4, -0.2) is 57.2 Å². The number of hydrogen-bond donors (Lipinski definition) is 2. The van der Waals surface area contributed by atoms with Gasteiger partial charge in [0, 0.05) is 6.54 Å². The number of likely N-dealkylation sites (N-methyl/N-ethyl adjacent to an activating group) is 1. The first-order valence-electron chi connectivity index (χ1n) is 4.03. The Hall–Kier alpha value is -1.79. The van der Waals surface area contributed by atoms with Crippen LogP contribution in [0.1, 0.15) is 6.92 Å². The maximum atomic E-state index is 11.3. The fraction of sp³-hybridized carbons (Fsp3) is 0.571. The number of imide groups is 1. The summed E-state index contributed by atoms with van der Waals surface area (Å²) in [6.07, 6.45) is -1.42. The lowest BCUT2D eigenvalue weighted by Gasteiger charge is -2.16. The predicted molar refractivity (Wildman–Crippen MR) is 43.9 cm³/mol. The lowest BCUT2D eigenvalue weighted by molar-refractivity contribution is -0.141. The van der Waals surface area contributed by atoms with Gasteiger partial charge in [-0.05, 0) is 6.92 Å². The maximum Gasteiger partial charge on any atom is 0.415 e. The molecule has 2 N–H and O–H groups in total. The van der Waals surface area contributed by atoms with E-state index in [1.165, 1.54) is 0 Å². The smallest absolute Gasteiger partial charge is 0.415 e. The highest BCUT2D eigenvalue weighted by Gasteiger charge is 2.43. The lowest BCUT2D eigenvalue weighted by atomic mass is 10.3. The molecule has 78 valence electrons. The van der Waals surface area contributed by atoms with E-state index >= 15 is 0 Å². The molecule has 1 heterocycles. The van der Waals surface area contributed by atoms with Crippen molar-refractivity contribution in [2.75, 3.05) is 13.1 Å². The van der Waals surface area contributed by atoms with Crippen molar-refractivity contribution in [2.45, 2.75) is 13.0 Å². The Labute approximate surface area is 79.5 Å². The Bertz CT molecular complexity index is 290. The van der Waals surface area contributed by atoms with Gasteiger partial charge in [0.05, 0.1) is 6.54 Å². The van der Waals surface area contributed by atoms with Crippen molar-refractivity contribution in [1.29, 1.82) is 0 Å². The van der Waals surface area contributed by atoms with E-state index in [9.17, 15) is 14.4 Å². The molecule has 7 nitrogen and oxygen atoms in total. The van der Waals surface area contributed by atoms with E-state index in [0.29, 0.717) is 4.90 Å². The summed E-state index contributed by atoms with van der Waals surface area (Å²) in [4.78, 5) is 34.0. The topological polar surface area (TPSA) is 98.2 Å². The van der Waals surface area contributed by atoms with Gasteiger partial charge in [0.15, 0.2) is 0 Å². The predicted octanol–water partition coefficient (Wildman–Crippen LogP) is -0.125. The van der Waals surface area contributed by atoms with Gasteiger partial charge in [0.1, 0.15) is 6.04 Å². The number of carbonyl (C=O) groups is 3. The van der Waals surface area contributed by atoms with E-state index in [-0.39, 0.29) is 13.1 Å². The van der Waals surface area contributed by atoms with Crippen molar-refractivity contribution in [2.24, 2.45) is 0 Å². The Balaban J connectivity index is 2.89. The number of carbonyl (C=O) groups excluding carboxylic acids is 1. The van der Waals surface area contributed by atoms with Crippen LogP contribution in [0.4, 0.5) is 9.59 Å². The van der Waals surface area contributed by atoms with Crippen LogP contribution in [0.15, 0.2) is 0 Å². The number of carboxylic acids is 1. The van der Waals surface area contributed by atoms with Crippen molar-refractivity contribution >= 4 is 18.1 Å². The summed E-state index contributed by atoms with van der Waals surface area (Å²) in [5.41, 5.74) is 0. The summed E-state index contributed by atoms with van der Waals surface area (Å²) in [5, 5.41) is 17.3. The molecule has 0 aromatic rings. The highest BCUT2D eigenvalue weighted by Crippen LogP contribution is 2.15. The monoisotopic (exact) mass is 202 g/mol. The van der Waals surface area contributed by atoms with E-state index < -0.39 is 24.1 Å². The summed E-state index contributed by atoms with van der Waals surface area (Å²) in [6, 6.07) is -1.84. The minimum Gasteiger partial charge on any atom is -0.480 e. The van der Waals surface area contributed by atoms with Gasteiger partial charge in [-0.1, -0.05) is 0 Å². The Kier molecular flexibility index (Phi) is 2.59. The first-order valence-corrected chi connectivity index (χ1v) is 4.03. The van der Waals surface area contributed by atoms with Gasteiger partial charge in [0.25, 0.3) is 0 Å². The van der Waals surface area contributed by atoms with Crippen molar-refractivity contribution < 1.29 is 24.6 Å². The lowest BCUT2D eigenvalue weighted by Crippen LogP contribution is -2.39. The van der Waals surface area contributed by atoms with Gasteiger partial charge in [-0.3, -0.25) is 0 Å². The number of hydrogen-bond acceptors (Lipinski definition) is 3. The number of rotatable bonds is 2. The number of amides is 3. The van der Waals surface area contributed by atoms with Crippen molar-refractivity contribution in [3.05, 3.63) is 0 Å². The fourth-order valence-corrected chi connectivity index (χ4v) is 1.36. The van der Waals surface area contributed by atoms with E-state index in [2.05, 4.69) is 0 Å². The summed E-state index contributed by atoms with van der Waals surface area (Å²) < 4.78 is 0. The molecule has 3 amide bonds. The molecule has 1 aliphatic heterocycles. The number of urea groups is 1. The number of aliphatic carboxylic acids is 1. The molecular weight excluding hydrogens is 192 g/mol. The van der Waals surface area contributed by atoms with E-state index in [1.54, 1.807) is 6.92 Å². The van der Waals surface area contributed by atoms with Crippen LogP contribution >= 0.6 is 0 Å². The zero-order valence-corrected chi connectivity index (χ0v) is 7.51. The molecule has 0 aromatic carbocycles. The Morgan fingerprint density at radius 3 is 2.36 bits per heavy atom. The molecule has 14 heavy (non-hydrogen) atoms. The fourth-order valence-electron chi connectivity index (χ4n) is 1.36. The van der Waals surface area contributed by atoms with Gasteiger partial charge in [-0.15, -0.1) is 0 Å². The van der Waals surface area contributed by atoms with Gasteiger partial charge < -0.3 is 15.1 Å². The van der Waals surface area contributed by atoms with Crippen LogP contribution in [0.2, 0.25) is 0 Å². The second kappa shape index (κ2) is 3.52. The van der Waals surface area contributed by atoms with Crippen molar-refractivity contribution in [3.8, 4) is 0 Å². The molecule has 0 bridgehead atoms. The van der Waals surface area contributed by atoms with Crippen molar-refractivity contribution in [1.82, 2.24) is 9.80 Å². The highest BCUT2D eigenvalue weighted by atomic mass is 16.4. The third-order valence-corrected chi connectivity index (χ3v) is 2.06. The van der Waals surface area contributed by atoms with E-state index in [4.69, 9.17) is 10.2 Å². The minimum absolute atomic E-state index is 0.180. The van der Waals surface area contributed by atoms with Crippen molar-refractivity contribution in [3.63, 3.8) is 0 Å². The van der Waals surface area contributed by atoms with Crippen LogP contribution in [0.5, 0.6) is 0 Å². The molecule has 0 aromatic heterocycles. The Morgan fingerprint density at radius 2 is 2.07 bits per heavy atom. The van der Waals surface area contributed by atoms with Crippen LogP contribution in [0.25, 0.3) is 0 Å². The number of carboxylic acid groups (broad SMARTS) is 2. The summed E-state index contributed by atoms with van der Waals surface area (Å²) >= 11 is 0. The van der Waals surface area contributed by atoms with E-state index in [0.717, 1.165) is 4.90 Å². The summed E-state index contributed by atoms with van der Waals surface area (Å²) in [7, 11) is 0. The highest BCUT2D eigenvalue weighted by molar-refractivity contribution is 5.96. The van der Waals surface area contributed by atoms with Gasteiger partial charge >= 0.3 is 18.1 Å². The van der Waals surface area contributed by atoms with Crippen LogP contribution in [-0.2, 0) is 4.79 Å². The van der Waals surface area contributed by atoms with Gasteiger partial charge in [-0.25, -0.2) is 19.3 Å². The average molecular weight is 202 g/mol. The quantitative estimate of drug-likeness (QED) is 0.650. The van der Waals surface area contributed by atoms with Crippen LogP contribution in [0.3, 0.4) is 0 Å². The SMILES string of the molecule is CCN1C(=O)N(C(=O)O)CC1C(=O)O. The molecule has 1 atom stereocenters. The molecular formula is C7H10N2O5. The third-order valence-electron chi connectivity index (χ3n) is 2.06. The average Bonchev–Trinajstić information content (AvgIpc) is 2.42. The van der Waals surface area contributed by atoms with Crippen LogP contribution < -0.4 is 0 Å². The largest absolute Gasteiger partial charge is 0.480 e. The molecule has 0 aliphatic carbocycles. The second-order valence-electron chi connectivity index (χ2n) is 2.82. The molecule has 0 saturated carbocycles. The standard InChI is InChI=1S/C7H10N2O5/c1-2-8-4(5(10)11)3-9(6(8)12)7(13)14/h4H,2-3H2,1H3,(H,10,11)(H,13,14). The number of nitrogens with zero attached hydrogens (tertiary/aromatic N) is 2. The van der Waals surface area contributed by atoms with Crippen LogP contribution in [0, 0.1) is 0 Å². The molecule has 1 fully saturated rings. The molecule has 1 rings (SSSR count). The maximum absolute atomic E-state index is 11.3. The third kappa shape index (κ3) is 1.48. The Morgan fingerprint density at radius 1 is 1.50 bits per heavy atom. The summed E-state index contributed by atoms with van der Waals surface area (Å²) in [5.74, 6) is -1.19. The zero-order valence-electron chi connectivity index (χ0n) is 7.51. The molecule has 1 unspecified atom stereocenters. The molecule has 7 heteroatoms. The normalized spacial score (nSPS) is 21.5. The molecule has 1 saturated heterocycles. The zero-order chi connectivity index (χ0) is 10.9. The molecule has 1 aliphatic rings. The molecule has 0 radical (unpaired) electrons. The second-order valence-corrected chi connectivity index (χ2v) is 2.82. The van der Waals surface area contributed by atoms with Gasteiger partial charge in [0.2, 0.25) is 0 Å².